The maximum absolute atomic E-state index is 13.0. The minimum Gasteiger partial charge on any atom is -0.465 e. The summed E-state index contributed by atoms with van der Waals surface area (Å²) in [5, 5.41) is 4.26. The number of carbonyl (C=O) groups is 2. The molecule has 1 aromatic carbocycles. The molecule has 1 N–H and O–H groups in total. The summed E-state index contributed by atoms with van der Waals surface area (Å²) in [7, 11) is 1.97. The van der Waals surface area contributed by atoms with E-state index in [1.54, 1.807) is 0 Å². The molecule has 2 aromatic rings. The Kier molecular flexibility index (Phi) is 5.40. The zero-order valence-corrected chi connectivity index (χ0v) is 16.7. The predicted molar refractivity (Wildman–Crippen MR) is 108 cm³/mol. The van der Waals surface area contributed by atoms with Crippen LogP contribution >= 0.6 is 0 Å². The molecule has 3 heterocycles. The number of piperidine rings is 2. The highest BCUT2D eigenvalue weighted by atomic mass is 16.5. The zero-order valence-electron chi connectivity index (χ0n) is 16.7. The number of nitrogens with zero attached hydrogens (tertiary/aromatic N) is 2. The fourth-order valence-corrected chi connectivity index (χ4v) is 5.00. The van der Waals surface area contributed by atoms with Crippen LogP contribution < -0.4 is 5.32 Å². The zero-order chi connectivity index (χ0) is 19.7. The van der Waals surface area contributed by atoms with Crippen molar-refractivity contribution in [3.05, 3.63) is 36.0 Å². The van der Waals surface area contributed by atoms with Gasteiger partial charge in [0.05, 0.1) is 18.7 Å². The highest BCUT2D eigenvalue weighted by Gasteiger charge is 2.39. The number of amides is 1. The van der Waals surface area contributed by atoms with E-state index in [-0.39, 0.29) is 17.9 Å². The van der Waals surface area contributed by atoms with Gasteiger partial charge in [-0.05, 0) is 38.7 Å². The van der Waals surface area contributed by atoms with Crippen LogP contribution in [-0.2, 0) is 16.6 Å². The first-order chi connectivity index (χ1) is 13.6. The molecule has 0 saturated carbocycles. The minimum atomic E-state index is -0.141. The molecule has 2 aliphatic heterocycles. The summed E-state index contributed by atoms with van der Waals surface area (Å²) >= 11 is 0. The number of benzene rings is 1. The van der Waals surface area contributed by atoms with Gasteiger partial charge in [0, 0.05) is 42.3 Å². The van der Waals surface area contributed by atoms with Crippen molar-refractivity contribution in [3.8, 4) is 0 Å². The van der Waals surface area contributed by atoms with Crippen molar-refractivity contribution in [2.45, 2.75) is 57.2 Å². The van der Waals surface area contributed by atoms with Crippen LogP contribution in [0.2, 0.25) is 0 Å². The molecular formula is C22H29N3O3. The third-order valence-electron chi connectivity index (χ3n) is 6.22. The summed E-state index contributed by atoms with van der Waals surface area (Å²) in [6, 6.07) is 8.83. The number of carbonyl (C=O) groups excluding carboxylic acids is 2. The van der Waals surface area contributed by atoms with Crippen molar-refractivity contribution in [3.63, 3.8) is 0 Å². The van der Waals surface area contributed by atoms with Gasteiger partial charge in [0.25, 0.3) is 5.91 Å². The first kappa shape index (κ1) is 19.0. The number of para-hydroxylation sites is 1. The maximum atomic E-state index is 13.0. The number of aromatic nitrogens is 1. The van der Waals surface area contributed by atoms with Crippen molar-refractivity contribution >= 4 is 22.8 Å². The molecule has 1 aromatic heterocycles. The minimum absolute atomic E-state index is 0.00119. The maximum Gasteiger partial charge on any atom is 0.320 e. The molecular weight excluding hydrogens is 354 g/mol. The third-order valence-corrected chi connectivity index (χ3v) is 6.22. The summed E-state index contributed by atoms with van der Waals surface area (Å²) in [4.78, 5) is 27.3. The fraction of sp³-hybridized carbons (Fsp3) is 0.545. The van der Waals surface area contributed by atoms with Gasteiger partial charge in [0.2, 0.25) is 0 Å². The Balaban J connectivity index is 1.45. The largest absolute Gasteiger partial charge is 0.465 e. The van der Waals surface area contributed by atoms with Gasteiger partial charge in [-0.25, -0.2) is 0 Å². The first-order valence-corrected chi connectivity index (χ1v) is 10.3. The molecule has 28 heavy (non-hydrogen) atoms. The van der Waals surface area contributed by atoms with Gasteiger partial charge in [-0.2, -0.15) is 0 Å². The van der Waals surface area contributed by atoms with Gasteiger partial charge in [-0.3, -0.25) is 14.5 Å². The molecule has 2 saturated heterocycles. The van der Waals surface area contributed by atoms with Crippen molar-refractivity contribution in [1.82, 2.24) is 14.8 Å². The van der Waals surface area contributed by atoms with Crippen LogP contribution in [0, 0.1) is 0 Å². The van der Waals surface area contributed by atoms with Gasteiger partial charge in [0.1, 0.15) is 0 Å². The summed E-state index contributed by atoms with van der Waals surface area (Å²) in [6.45, 7) is 2.63. The monoisotopic (exact) mass is 383 g/mol. The summed E-state index contributed by atoms with van der Waals surface area (Å²) in [6.07, 6.45) is 7.06. The third kappa shape index (κ3) is 3.65. The highest BCUT2D eigenvalue weighted by molar-refractivity contribution is 6.07. The smallest absolute Gasteiger partial charge is 0.320 e. The second kappa shape index (κ2) is 7.95. The van der Waals surface area contributed by atoms with E-state index in [2.05, 4.69) is 10.2 Å². The molecule has 6 heteroatoms. The van der Waals surface area contributed by atoms with Crippen LogP contribution in [0.15, 0.2) is 30.5 Å². The molecule has 6 nitrogen and oxygen atoms in total. The SMILES string of the molecule is CCOC(=O)CN1[C@@H]2CCC[C@H]1CC(NC(=O)c1cn(C)c3ccccc13)C2. The number of rotatable bonds is 5. The standard InChI is InChI=1S/C22H29N3O3/c1-3-28-21(26)14-25-16-7-6-8-17(25)12-15(11-16)23-22(27)19-13-24(2)20-10-5-4-9-18(19)20/h4-5,9-10,13,15-17H,3,6-8,11-12,14H2,1-2H3,(H,23,27)/t15?,16-,17+. The Morgan fingerprint density at radius 3 is 2.61 bits per heavy atom. The van der Waals surface area contributed by atoms with E-state index in [1.807, 2.05) is 49.0 Å². The molecule has 4 rings (SSSR count). The number of ether oxygens (including phenoxy) is 1. The number of nitrogens with one attached hydrogen (secondary N) is 1. The van der Waals surface area contributed by atoms with Crippen LogP contribution in [0.4, 0.5) is 0 Å². The molecule has 2 bridgehead atoms. The second-order valence-electron chi connectivity index (χ2n) is 8.03. The predicted octanol–water partition coefficient (Wildman–Crippen LogP) is 2.86. The topological polar surface area (TPSA) is 63.6 Å². The fourth-order valence-electron chi connectivity index (χ4n) is 5.00. The van der Waals surface area contributed by atoms with E-state index in [0.29, 0.717) is 25.2 Å². The lowest BCUT2D eigenvalue weighted by atomic mass is 9.81. The Hall–Kier alpha value is -2.34. The molecule has 0 spiro atoms. The Morgan fingerprint density at radius 2 is 1.89 bits per heavy atom. The number of aryl methyl sites for hydroxylation is 1. The molecule has 2 aliphatic rings. The first-order valence-electron chi connectivity index (χ1n) is 10.3. The van der Waals surface area contributed by atoms with E-state index >= 15 is 0 Å². The van der Waals surface area contributed by atoms with E-state index in [0.717, 1.165) is 42.1 Å². The van der Waals surface area contributed by atoms with Gasteiger partial charge >= 0.3 is 5.97 Å². The van der Waals surface area contributed by atoms with E-state index in [1.165, 1.54) is 6.42 Å². The summed E-state index contributed by atoms with van der Waals surface area (Å²) < 4.78 is 7.15. The molecule has 0 aliphatic carbocycles. The summed E-state index contributed by atoms with van der Waals surface area (Å²) in [5.74, 6) is -0.142. The van der Waals surface area contributed by atoms with Crippen LogP contribution in [0.25, 0.3) is 10.9 Å². The lowest BCUT2D eigenvalue weighted by Crippen LogP contribution is -2.58. The van der Waals surface area contributed by atoms with Crippen LogP contribution in [0.1, 0.15) is 49.4 Å². The lowest BCUT2D eigenvalue weighted by molar-refractivity contribution is -0.147. The van der Waals surface area contributed by atoms with Gasteiger partial charge in [0.15, 0.2) is 0 Å². The van der Waals surface area contributed by atoms with Crippen LogP contribution in [-0.4, -0.2) is 52.6 Å². The van der Waals surface area contributed by atoms with E-state index < -0.39 is 0 Å². The Bertz CT molecular complexity index is 861. The van der Waals surface area contributed by atoms with Gasteiger partial charge < -0.3 is 14.6 Å². The highest BCUT2D eigenvalue weighted by Crippen LogP contribution is 2.34. The number of hydrogen-bond donors (Lipinski definition) is 1. The molecule has 0 radical (unpaired) electrons. The molecule has 2 fully saturated rings. The van der Waals surface area contributed by atoms with Crippen molar-refractivity contribution < 1.29 is 14.3 Å². The summed E-state index contributed by atoms with van der Waals surface area (Å²) in [5.41, 5.74) is 1.80. The molecule has 150 valence electrons. The number of fused-ring (bicyclic) bond motifs is 3. The van der Waals surface area contributed by atoms with Gasteiger partial charge in [-0.15, -0.1) is 0 Å². The van der Waals surface area contributed by atoms with Crippen molar-refractivity contribution in [1.29, 1.82) is 0 Å². The van der Waals surface area contributed by atoms with E-state index in [9.17, 15) is 9.59 Å². The van der Waals surface area contributed by atoms with Crippen LogP contribution in [0.5, 0.6) is 0 Å². The van der Waals surface area contributed by atoms with E-state index in [4.69, 9.17) is 4.74 Å². The number of hydrogen-bond acceptors (Lipinski definition) is 4. The second-order valence-corrected chi connectivity index (χ2v) is 8.03. The molecule has 3 atom stereocenters. The Morgan fingerprint density at radius 1 is 1.18 bits per heavy atom. The van der Waals surface area contributed by atoms with Crippen molar-refractivity contribution in [2.75, 3.05) is 13.2 Å². The normalized spacial score (nSPS) is 24.9. The average Bonchev–Trinajstić information content (AvgIpc) is 3.00. The quantitative estimate of drug-likeness (QED) is 0.807. The molecule has 1 unspecified atom stereocenters. The van der Waals surface area contributed by atoms with Crippen LogP contribution in [0.3, 0.4) is 0 Å². The molecule has 1 amide bonds. The van der Waals surface area contributed by atoms with Gasteiger partial charge in [-0.1, -0.05) is 24.6 Å². The lowest BCUT2D eigenvalue weighted by Gasteiger charge is -2.48. The average molecular weight is 383 g/mol. The van der Waals surface area contributed by atoms with Crippen molar-refractivity contribution in [2.24, 2.45) is 7.05 Å². The Labute approximate surface area is 165 Å². The number of esters is 1.